The number of hydrogen-bond acceptors (Lipinski definition) is 7. The lowest BCUT2D eigenvalue weighted by Gasteiger charge is -2.12. The monoisotopic (exact) mass is 402 g/mol. The second-order valence-corrected chi connectivity index (χ2v) is 7.43. The number of nitrogens with one attached hydrogen (secondary N) is 1. The lowest BCUT2D eigenvalue weighted by atomic mass is 9.97. The molecular formula is C19H18N2O6S. The number of nitrogens with zero attached hydrogens (tertiary/aromatic N) is 1. The van der Waals surface area contributed by atoms with Crippen LogP contribution in [0.5, 0.6) is 11.5 Å². The van der Waals surface area contributed by atoms with Crippen molar-refractivity contribution in [3.63, 3.8) is 0 Å². The summed E-state index contributed by atoms with van der Waals surface area (Å²) in [6.07, 6.45) is 0. The second kappa shape index (κ2) is 7.35. The minimum atomic E-state index is -1.39. The number of amides is 1. The molecular weight excluding hydrogens is 384 g/mol. The van der Waals surface area contributed by atoms with Crippen molar-refractivity contribution in [2.75, 3.05) is 5.32 Å². The molecule has 2 heterocycles. The predicted molar refractivity (Wildman–Crippen MR) is 103 cm³/mol. The van der Waals surface area contributed by atoms with Gasteiger partial charge in [-0.2, -0.15) is 0 Å². The van der Waals surface area contributed by atoms with E-state index in [4.69, 9.17) is 4.52 Å². The minimum absolute atomic E-state index is 0.0759. The number of carboxylic acids is 1. The zero-order valence-corrected chi connectivity index (χ0v) is 16.1. The van der Waals surface area contributed by atoms with Crippen LogP contribution < -0.4 is 5.32 Å². The van der Waals surface area contributed by atoms with Crippen molar-refractivity contribution in [1.29, 1.82) is 0 Å². The number of anilines is 1. The molecule has 8 nitrogen and oxygen atoms in total. The quantitative estimate of drug-likeness (QED) is 0.503. The summed E-state index contributed by atoms with van der Waals surface area (Å²) in [5.74, 6) is -2.53. The van der Waals surface area contributed by atoms with Crippen molar-refractivity contribution in [3.05, 3.63) is 45.3 Å². The molecule has 0 radical (unpaired) electrons. The first-order valence-corrected chi connectivity index (χ1v) is 9.23. The summed E-state index contributed by atoms with van der Waals surface area (Å²) < 4.78 is 5.16. The van der Waals surface area contributed by atoms with Crippen molar-refractivity contribution in [2.24, 2.45) is 0 Å². The van der Waals surface area contributed by atoms with Gasteiger partial charge >= 0.3 is 5.97 Å². The summed E-state index contributed by atoms with van der Waals surface area (Å²) in [6, 6.07) is 4.39. The van der Waals surface area contributed by atoms with Crippen LogP contribution in [0.25, 0.3) is 11.3 Å². The Kier molecular flexibility index (Phi) is 5.10. The molecule has 0 atom stereocenters. The van der Waals surface area contributed by atoms with Crippen LogP contribution in [0.1, 0.15) is 51.1 Å². The van der Waals surface area contributed by atoms with Crippen LogP contribution in [0, 0.1) is 6.92 Å². The van der Waals surface area contributed by atoms with E-state index in [0.717, 1.165) is 11.6 Å². The molecule has 0 saturated carbocycles. The van der Waals surface area contributed by atoms with E-state index in [1.807, 2.05) is 13.8 Å². The summed E-state index contributed by atoms with van der Waals surface area (Å²) in [5.41, 5.74) is 0.719. The molecule has 0 aliphatic rings. The molecule has 146 valence electrons. The molecule has 0 unspecified atom stereocenters. The predicted octanol–water partition coefficient (Wildman–Crippen LogP) is 4.20. The van der Waals surface area contributed by atoms with Gasteiger partial charge in [-0.05, 0) is 41.5 Å². The maximum Gasteiger partial charge on any atom is 0.360 e. The minimum Gasteiger partial charge on any atom is -0.508 e. The molecule has 2 aromatic heterocycles. The third kappa shape index (κ3) is 3.44. The summed E-state index contributed by atoms with van der Waals surface area (Å²) in [7, 11) is 0. The lowest BCUT2D eigenvalue weighted by Crippen LogP contribution is -2.14. The van der Waals surface area contributed by atoms with Gasteiger partial charge < -0.3 is 25.2 Å². The number of aromatic hydroxyl groups is 2. The molecule has 9 heteroatoms. The van der Waals surface area contributed by atoms with Crippen LogP contribution in [-0.2, 0) is 0 Å². The molecule has 3 aromatic rings. The third-order valence-electron chi connectivity index (χ3n) is 4.21. The van der Waals surface area contributed by atoms with Gasteiger partial charge in [0.25, 0.3) is 5.91 Å². The largest absolute Gasteiger partial charge is 0.508 e. The Morgan fingerprint density at radius 3 is 2.50 bits per heavy atom. The summed E-state index contributed by atoms with van der Waals surface area (Å²) in [4.78, 5) is 24.6. The van der Waals surface area contributed by atoms with Gasteiger partial charge in [0.1, 0.15) is 17.2 Å². The topological polar surface area (TPSA) is 133 Å². The summed E-state index contributed by atoms with van der Waals surface area (Å²) >= 11 is 1.21. The van der Waals surface area contributed by atoms with Gasteiger partial charge in [0.15, 0.2) is 5.76 Å². The van der Waals surface area contributed by atoms with Crippen molar-refractivity contribution in [1.82, 2.24) is 5.16 Å². The molecule has 0 aliphatic carbocycles. The Morgan fingerprint density at radius 2 is 1.93 bits per heavy atom. The molecule has 3 rings (SSSR count). The second-order valence-electron chi connectivity index (χ2n) is 6.51. The number of rotatable bonds is 5. The van der Waals surface area contributed by atoms with Crippen LogP contribution >= 0.6 is 11.3 Å². The number of benzene rings is 1. The van der Waals surface area contributed by atoms with Crippen LogP contribution in [0.2, 0.25) is 0 Å². The van der Waals surface area contributed by atoms with Gasteiger partial charge in [-0.3, -0.25) is 4.79 Å². The third-order valence-corrected chi connectivity index (χ3v) is 5.23. The molecule has 0 bridgehead atoms. The summed E-state index contributed by atoms with van der Waals surface area (Å²) in [6.45, 7) is 5.46. The van der Waals surface area contributed by atoms with E-state index >= 15 is 0 Å². The van der Waals surface area contributed by atoms with E-state index in [2.05, 4.69) is 10.5 Å². The van der Waals surface area contributed by atoms with Gasteiger partial charge in [-0.15, -0.1) is 11.3 Å². The van der Waals surface area contributed by atoms with E-state index in [9.17, 15) is 24.9 Å². The van der Waals surface area contributed by atoms with Crippen molar-refractivity contribution < 1.29 is 29.4 Å². The SMILES string of the molecule is Cc1ccsc1C(=O)Nc1c(C(=O)O)noc1-c1cc(C(C)C)c(O)cc1O. The van der Waals surface area contributed by atoms with Gasteiger partial charge in [0.05, 0.1) is 10.4 Å². The average molecular weight is 402 g/mol. The van der Waals surface area contributed by atoms with Gasteiger partial charge in [-0.25, -0.2) is 4.79 Å². The zero-order chi connectivity index (χ0) is 20.6. The Morgan fingerprint density at radius 1 is 1.21 bits per heavy atom. The Hall–Kier alpha value is -3.33. The van der Waals surface area contributed by atoms with Gasteiger partial charge in [0.2, 0.25) is 5.69 Å². The Labute approximate surface area is 164 Å². The lowest BCUT2D eigenvalue weighted by molar-refractivity contribution is 0.0687. The maximum atomic E-state index is 12.6. The highest BCUT2D eigenvalue weighted by atomic mass is 32.1. The van der Waals surface area contributed by atoms with Gasteiger partial charge in [0, 0.05) is 6.07 Å². The van der Waals surface area contributed by atoms with E-state index in [1.54, 1.807) is 18.4 Å². The van der Waals surface area contributed by atoms with Crippen LogP contribution in [0.4, 0.5) is 5.69 Å². The number of thiophene rings is 1. The molecule has 0 aliphatic heterocycles. The Balaban J connectivity index is 2.13. The van der Waals surface area contributed by atoms with Crippen LogP contribution in [0.15, 0.2) is 28.1 Å². The fourth-order valence-electron chi connectivity index (χ4n) is 2.75. The Bertz CT molecular complexity index is 1070. The number of aryl methyl sites for hydroxylation is 1. The average Bonchev–Trinajstić information content (AvgIpc) is 3.21. The highest BCUT2D eigenvalue weighted by Gasteiger charge is 2.28. The zero-order valence-electron chi connectivity index (χ0n) is 15.3. The molecule has 0 spiro atoms. The molecule has 0 fully saturated rings. The van der Waals surface area contributed by atoms with Crippen molar-refractivity contribution >= 4 is 28.9 Å². The first-order valence-electron chi connectivity index (χ1n) is 8.35. The van der Waals surface area contributed by atoms with E-state index < -0.39 is 17.6 Å². The number of carbonyl (C=O) groups is 2. The fourth-order valence-corrected chi connectivity index (χ4v) is 3.57. The number of hydrogen-bond donors (Lipinski definition) is 4. The molecule has 28 heavy (non-hydrogen) atoms. The van der Waals surface area contributed by atoms with E-state index in [-0.39, 0.29) is 34.4 Å². The van der Waals surface area contributed by atoms with E-state index in [0.29, 0.717) is 10.4 Å². The molecule has 4 N–H and O–H groups in total. The smallest absolute Gasteiger partial charge is 0.360 e. The first kappa shape index (κ1) is 19.4. The standard InChI is InChI=1S/C19H18N2O6S/c1-8(2)10-6-11(13(23)7-12(10)22)16-14(15(19(25)26)21-27-16)20-18(24)17-9(3)4-5-28-17/h4-8,22-23H,1-3H3,(H,20,24)(H,25,26). The van der Waals surface area contributed by atoms with Crippen LogP contribution in [0.3, 0.4) is 0 Å². The fraction of sp³-hybridized carbons (Fsp3) is 0.211. The highest BCUT2D eigenvalue weighted by Crippen LogP contribution is 2.41. The number of aromatic carboxylic acids is 1. The van der Waals surface area contributed by atoms with Gasteiger partial charge in [-0.1, -0.05) is 19.0 Å². The number of carboxylic acid groups (broad SMARTS) is 1. The van der Waals surface area contributed by atoms with Crippen LogP contribution in [-0.4, -0.2) is 32.4 Å². The number of phenolic OH excluding ortho intramolecular Hbond substituents is 2. The summed E-state index contributed by atoms with van der Waals surface area (Å²) in [5, 5.41) is 37.5. The number of aromatic nitrogens is 1. The van der Waals surface area contributed by atoms with Crippen molar-refractivity contribution in [2.45, 2.75) is 26.7 Å². The maximum absolute atomic E-state index is 12.6. The number of phenols is 2. The normalized spacial score (nSPS) is 11.0. The number of carbonyl (C=O) groups excluding carboxylic acids is 1. The molecule has 0 saturated heterocycles. The van der Waals surface area contributed by atoms with E-state index in [1.165, 1.54) is 17.4 Å². The molecule has 1 amide bonds. The highest BCUT2D eigenvalue weighted by molar-refractivity contribution is 7.12. The first-order chi connectivity index (χ1) is 13.2. The van der Waals surface area contributed by atoms with Crippen molar-refractivity contribution in [3.8, 4) is 22.8 Å². The molecule has 1 aromatic carbocycles.